The molecule has 2 heterocycles. The molecule has 1 aliphatic heterocycles. The number of nitrogens with zero attached hydrogens (tertiary/aromatic N) is 2. The number of thioether (sulfide) groups is 1. The summed E-state index contributed by atoms with van der Waals surface area (Å²) in [5, 5.41) is 0.752. The summed E-state index contributed by atoms with van der Waals surface area (Å²) in [4.78, 5) is 5.41. The number of imidazole rings is 1. The highest BCUT2D eigenvalue weighted by Gasteiger charge is 2.41. The Morgan fingerprint density at radius 2 is 1.71 bits per heavy atom. The predicted molar refractivity (Wildman–Crippen MR) is 143 cm³/mol. The van der Waals surface area contributed by atoms with Crippen molar-refractivity contribution in [3.63, 3.8) is 0 Å². The Hall–Kier alpha value is -2.57. The molecule has 1 aromatic heterocycles. The second kappa shape index (κ2) is 11.0. The van der Waals surface area contributed by atoms with Gasteiger partial charge in [0.05, 0.1) is 25.6 Å². The third kappa shape index (κ3) is 6.36. The molecular weight excluding hydrogens is 476 g/mol. The van der Waals surface area contributed by atoms with Gasteiger partial charge in [-0.25, -0.2) is 4.98 Å². The van der Waals surface area contributed by atoms with Gasteiger partial charge in [0.15, 0.2) is 5.79 Å². The normalized spacial score (nSPS) is 19.8. The molecule has 4 aromatic rings. The summed E-state index contributed by atoms with van der Waals surface area (Å²) in [6, 6.07) is 25.3. The van der Waals surface area contributed by atoms with E-state index in [0.29, 0.717) is 13.2 Å². The maximum absolute atomic E-state index is 6.59. The van der Waals surface area contributed by atoms with Gasteiger partial charge in [0.2, 0.25) is 0 Å². The van der Waals surface area contributed by atoms with Gasteiger partial charge in [-0.1, -0.05) is 65.7 Å². The minimum Gasteiger partial charge on any atom is -0.345 e. The summed E-state index contributed by atoms with van der Waals surface area (Å²) >= 11 is 7.82. The van der Waals surface area contributed by atoms with E-state index in [0.717, 1.165) is 29.2 Å². The lowest BCUT2D eigenvalue weighted by molar-refractivity contribution is -0.180. The number of benzene rings is 3. The first-order chi connectivity index (χ1) is 17.1. The fourth-order valence-electron chi connectivity index (χ4n) is 4.31. The molecule has 0 aliphatic carbocycles. The zero-order chi connectivity index (χ0) is 24.1. The van der Waals surface area contributed by atoms with Gasteiger partial charge >= 0.3 is 0 Å². The summed E-state index contributed by atoms with van der Waals surface area (Å²) in [5.74, 6) is 0.200. The Balaban J connectivity index is 1.20. The molecule has 0 amide bonds. The van der Waals surface area contributed by atoms with Crippen LogP contribution in [0.2, 0.25) is 5.02 Å². The molecular formula is C29H29ClN2O2S. The van der Waals surface area contributed by atoms with Crippen LogP contribution in [0.15, 0.2) is 96.4 Å². The van der Waals surface area contributed by atoms with E-state index >= 15 is 0 Å². The summed E-state index contributed by atoms with van der Waals surface area (Å²) in [5.41, 5.74) is 4.92. The van der Waals surface area contributed by atoms with Gasteiger partial charge in [-0.3, -0.25) is 0 Å². The van der Waals surface area contributed by atoms with Crippen LogP contribution in [0, 0.1) is 6.92 Å². The summed E-state index contributed by atoms with van der Waals surface area (Å²) in [6.45, 7) is 3.34. The van der Waals surface area contributed by atoms with Crippen LogP contribution in [-0.2, 0) is 22.4 Å². The number of hydrogen-bond donors (Lipinski definition) is 0. The largest absolute Gasteiger partial charge is 0.345 e. The third-order valence-corrected chi connectivity index (χ3v) is 7.68. The molecule has 6 heteroatoms. The Bertz CT molecular complexity index is 1210. The van der Waals surface area contributed by atoms with E-state index in [1.165, 1.54) is 21.6 Å². The van der Waals surface area contributed by atoms with Crippen molar-refractivity contribution in [3.05, 3.63) is 108 Å². The quantitative estimate of drug-likeness (QED) is 0.229. The predicted octanol–water partition coefficient (Wildman–Crippen LogP) is 7.05. The van der Waals surface area contributed by atoms with E-state index in [-0.39, 0.29) is 6.10 Å². The van der Waals surface area contributed by atoms with Crippen molar-refractivity contribution in [2.45, 2.75) is 43.1 Å². The minimum atomic E-state index is -0.644. The Kier molecular flexibility index (Phi) is 7.59. The first-order valence-electron chi connectivity index (χ1n) is 11.9. The monoisotopic (exact) mass is 504 g/mol. The maximum Gasteiger partial charge on any atom is 0.187 e. The molecule has 0 saturated carbocycles. The van der Waals surface area contributed by atoms with Gasteiger partial charge in [0, 0.05) is 34.5 Å². The van der Waals surface area contributed by atoms with Crippen molar-refractivity contribution >= 4 is 23.4 Å². The molecule has 3 aromatic carbocycles. The van der Waals surface area contributed by atoms with Crippen molar-refractivity contribution in [1.29, 1.82) is 0 Å². The number of aromatic nitrogens is 2. The molecule has 0 spiro atoms. The van der Waals surface area contributed by atoms with Crippen molar-refractivity contribution in [3.8, 4) is 11.1 Å². The highest BCUT2D eigenvalue weighted by atomic mass is 35.5. The highest BCUT2D eigenvalue weighted by molar-refractivity contribution is 7.99. The van der Waals surface area contributed by atoms with Gasteiger partial charge in [-0.15, -0.1) is 11.8 Å². The van der Waals surface area contributed by atoms with E-state index in [2.05, 4.69) is 60.4 Å². The molecule has 1 saturated heterocycles. The molecule has 1 fully saturated rings. The van der Waals surface area contributed by atoms with E-state index in [1.54, 1.807) is 18.0 Å². The Morgan fingerprint density at radius 3 is 2.40 bits per heavy atom. The molecule has 0 N–H and O–H groups in total. The van der Waals surface area contributed by atoms with Crippen molar-refractivity contribution in [1.82, 2.24) is 9.55 Å². The average molecular weight is 505 g/mol. The third-order valence-electron chi connectivity index (χ3n) is 6.28. The summed E-state index contributed by atoms with van der Waals surface area (Å²) in [7, 11) is 0. The van der Waals surface area contributed by atoms with Crippen LogP contribution in [0.5, 0.6) is 0 Å². The number of ether oxygens (including phenoxy) is 2. The van der Waals surface area contributed by atoms with Crippen molar-refractivity contribution < 1.29 is 9.47 Å². The van der Waals surface area contributed by atoms with Crippen LogP contribution in [0.25, 0.3) is 11.1 Å². The van der Waals surface area contributed by atoms with E-state index in [1.807, 2.05) is 41.4 Å². The van der Waals surface area contributed by atoms with Crippen molar-refractivity contribution in [2.24, 2.45) is 0 Å². The molecule has 35 heavy (non-hydrogen) atoms. The molecule has 2 unspecified atom stereocenters. The number of rotatable bonds is 9. The van der Waals surface area contributed by atoms with Gasteiger partial charge in [0.25, 0.3) is 0 Å². The highest BCUT2D eigenvalue weighted by Crippen LogP contribution is 2.34. The Morgan fingerprint density at radius 1 is 1.00 bits per heavy atom. The molecule has 0 bridgehead atoms. The van der Waals surface area contributed by atoms with E-state index < -0.39 is 5.79 Å². The second-order valence-electron chi connectivity index (χ2n) is 9.02. The second-order valence-corrected chi connectivity index (χ2v) is 10.6. The van der Waals surface area contributed by atoms with Crippen LogP contribution in [0.1, 0.15) is 17.5 Å². The lowest BCUT2D eigenvalue weighted by Crippen LogP contribution is -2.37. The molecule has 1 aliphatic rings. The first-order valence-corrected chi connectivity index (χ1v) is 13.3. The van der Waals surface area contributed by atoms with Crippen LogP contribution < -0.4 is 0 Å². The van der Waals surface area contributed by atoms with Crippen LogP contribution in [0.4, 0.5) is 0 Å². The standard InChI is InChI=1S/C29H29ClN2O2S/c1-22-2-4-23(5-3-22)14-15-29(20-32-17-16-31-21-32)33-18-27(34-29)19-35-28-12-8-25(9-13-28)24-6-10-26(30)11-7-24/h2-13,16-17,21,27H,14-15,18-20H2,1H3. The molecule has 180 valence electrons. The topological polar surface area (TPSA) is 36.3 Å². The molecule has 4 nitrogen and oxygen atoms in total. The van der Waals surface area contributed by atoms with Crippen LogP contribution >= 0.6 is 23.4 Å². The van der Waals surface area contributed by atoms with Gasteiger partial charge in [0.1, 0.15) is 0 Å². The van der Waals surface area contributed by atoms with Crippen LogP contribution in [-0.4, -0.2) is 33.8 Å². The average Bonchev–Trinajstić information content (AvgIpc) is 3.54. The number of aryl methyl sites for hydroxylation is 2. The zero-order valence-corrected chi connectivity index (χ0v) is 21.3. The smallest absolute Gasteiger partial charge is 0.187 e. The number of hydrogen-bond acceptors (Lipinski definition) is 4. The SMILES string of the molecule is Cc1ccc(CCC2(Cn3ccnc3)OCC(CSc3ccc(-c4ccc(Cl)cc4)cc3)O2)cc1. The van der Waals surface area contributed by atoms with Crippen LogP contribution in [0.3, 0.4) is 0 Å². The minimum absolute atomic E-state index is 0.0393. The molecule has 0 radical (unpaired) electrons. The lowest BCUT2D eigenvalue weighted by Gasteiger charge is -2.28. The van der Waals surface area contributed by atoms with Gasteiger partial charge < -0.3 is 14.0 Å². The molecule has 5 rings (SSSR count). The fourth-order valence-corrected chi connectivity index (χ4v) is 5.31. The maximum atomic E-state index is 6.59. The van der Waals surface area contributed by atoms with Crippen molar-refractivity contribution in [2.75, 3.05) is 12.4 Å². The first kappa shape index (κ1) is 24.1. The van der Waals surface area contributed by atoms with Gasteiger partial charge in [-0.2, -0.15) is 0 Å². The number of halogens is 1. The lowest BCUT2D eigenvalue weighted by atomic mass is 10.0. The van der Waals surface area contributed by atoms with E-state index in [4.69, 9.17) is 21.1 Å². The van der Waals surface area contributed by atoms with E-state index in [9.17, 15) is 0 Å². The zero-order valence-electron chi connectivity index (χ0n) is 19.8. The van der Waals surface area contributed by atoms with Gasteiger partial charge in [-0.05, 0) is 54.3 Å². The summed E-state index contributed by atoms with van der Waals surface area (Å²) in [6.07, 6.45) is 7.32. The Labute approximate surface area is 216 Å². The summed E-state index contributed by atoms with van der Waals surface area (Å²) < 4.78 is 15.0. The fraction of sp³-hybridized carbons (Fsp3) is 0.276. The molecule has 2 atom stereocenters.